The number of hydrogen-bond donors (Lipinski definition) is 1. The summed E-state index contributed by atoms with van der Waals surface area (Å²) in [5, 5.41) is 2.83. The van der Waals surface area contributed by atoms with Crippen LogP contribution in [0.25, 0.3) is 0 Å². The fourth-order valence-corrected chi connectivity index (χ4v) is 3.36. The van der Waals surface area contributed by atoms with Crippen molar-refractivity contribution in [3.63, 3.8) is 0 Å². The van der Waals surface area contributed by atoms with Gasteiger partial charge in [0.25, 0.3) is 0 Å². The first-order valence-corrected chi connectivity index (χ1v) is 7.85. The van der Waals surface area contributed by atoms with Crippen LogP contribution >= 0.6 is 0 Å². The third kappa shape index (κ3) is 2.79. The lowest BCUT2D eigenvalue weighted by atomic mass is 9.85. The number of likely N-dealkylation sites (tertiary alicyclic amines) is 1. The molecule has 2 atom stereocenters. The Morgan fingerprint density at radius 1 is 1.09 bits per heavy atom. The number of carbonyl (C=O) groups excluding carboxylic acids is 3. The molecule has 0 spiro atoms. The molecule has 1 saturated heterocycles. The van der Waals surface area contributed by atoms with Crippen LogP contribution in [0.1, 0.15) is 24.0 Å². The van der Waals surface area contributed by atoms with E-state index in [2.05, 4.69) is 5.32 Å². The Balaban J connectivity index is 1.71. The first kappa shape index (κ1) is 15.5. The molecular weight excluding hydrogens is 292 g/mol. The molecule has 1 aromatic rings. The Labute approximate surface area is 135 Å². The van der Waals surface area contributed by atoms with Crippen molar-refractivity contribution < 1.29 is 14.4 Å². The van der Waals surface area contributed by atoms with E-state index in [0.717, 1.165) is 21.7 Å². The van der Waals surface area contributed by atoms with Crippen LogP contribution in [0.5, 0.6) is 0 Å². The summed E-state index contributed by atoms with van der Waals surface area (Å²) in [6.45, 7) is 3.61. The molecule has 5 heteroatoms. The highest BCUT2D eigenvalue weighted by Gasteiger charge is 2.47. The van der Waals surface area contributed by atoms with Gasteiger partial charge < -0.3 is 5.32 Å². The van der Waals surface area contributed by atoms with Crippen LogP contribution in [-0.2, 0) is 14.4 Å². The predicted molar refractivity (Wildman–Crippen MR) is 86.6 cm³/mol. The van der Waals surface area contributed by atoms with Crippen LogP contribution < -0.4 is 5.32 Å². The van der Waals surface area contributed by atoms with Gasteiger partial charge in [-0.25, -0.2) is 0 Å². The molecule has 5 nitrogen and oxygen atoms in total. The number of para-hydroxylation sites is 1. The van der Waals surface area contributed by atoms with E-state index in [1.807, 2.05) is 44.2 Å². The van der Waals surface area contributed by atoms with E-state index in [0.29, 0.717) is 12.8 Å². The van der Waals surface area contributed by atoms with E-state index >= 15 is 0 Å². The van der Waals surface area contributed by atoms with Crippen molar-refractivity contribution in [1.29, 1.82) is 0 Å². The molecule has 3 amide bonds. The van der Waals surface area contributed by atoms with E-state index < -0.39 is 0 Å². The van der Waals surface area contributed by atoms with E-state index in [4.69, 9.17) is 0 Å². The number of imide groups is 1. The van der Waals surface area contributed by atoms with Gasteiger partial charge >= 0.3 is 0 Å². The van der Waals surface area contributed by atoms with Crippen molar-refractivity contribution in [1.82, 2.24) is 4.90 Å². The van der Waals surface area contributed by atoms with Crippen molar-refractivity contribution >= 4 is 23.4 Å². The van der Waals surface area contributed by atoms with Gasteiger partial charge in [0.1, 0.15) is 6.54 Å². The average Bonchev–Trinajstić information content (AvgIpc) is 2.77. The summed E-state index contributed by atoms with van der Waals surface area (Å²) in [5.74, 6) is -1.36. The summed E-state index contributed by atoms with van der Waals surface area (Å²) in [5.41, 5.74) is 2.65. The number of fused-ring (bicyclic) bond motifs is 1. The van der Waals surface area contributed by atoms with E-state index in [-0.39, 0.29) is 36.1 Å². The van der Waals surface area contributed by atoms with Crippen LogP contribution in [0, 0.1) is 25.7 Å². The summed E-state index contributed by atoms with van der Waals surface area (Å²) in [4.78, 5) is 38.1. The number of allylic oxidation sites excluding steroid dienone is 2. The van der Waals surface area contributed by atoms with Crippen LogP contribution in [0.4, 0.5) is 5.69 Å². The normalized spacial score (nSPS) is 23.1. The van der Waals surface area contributed by atoms with Crippen molar-refractivity contribution in [2.24, 2.45) is 11.8 Å². The minimum Gasteiger partial charge on any atom is -0.324 e. The zero-order chi connectivity index (χ0) is 16.6. The molecule has 1 aromatic carbocycles. The zero-order valence-electron chi connectivity index (χ0n) is 13.3. The lowest BCUT2D eigenvalue weighted by Gasteiger charge is -2.16. The molecule has 1 fully saturated rings. The Kier molecular flexibility index (Phi) is 4.03. The summed E-state index contributed by atoms with van der Waals surface area (Å²) < 4.78 is 0. The molecule has 0 saturated carbocycles. The molecule has 1 heterocycles. The van der Waals surface area contributed by atoms with Gasteiger partial charge in [0.2, 0.25) is 17.7 Å². The standard InChI is InChI=1S/C18H20N2O3/c1-11-6-5-7-12(2)16(11)19-15(21)10-20-17(22)13-8-3-4-9-14(13)18(20)23/h3-7,13-14H,8-10H2,1-2H3,(H,19,21)/t13-,14-/m0/s1. The number of hydrogen-bond acceptors (Lipinski definition) is 3. The molecule has 120 valence electrons. The SMILES string of the molecule is Cc1cccc(C)c1NC(=O)CN1C(=O)[C@H]2CC=CC[C@@H]2C1=O. The second kappa shape index (κ2) is 5.99. The molecule has 1 aliphatic heterocycles. The molecule has 3 rings (SSSR count). The first-order chi connectivity index (χ1) is 11.0. The van der Waals surface area contributed by atoms with Crippen molar-refractivity contribution in [2.75, 3.05) is 11.9 Å². The number of aryl methyl sites for hydroxylation is 2. The highest BCUT2D eigenvalue weighted by molar-refractivity contribution is 6.09. The fraction of sp³-hybridized carbons (Fsp3) is 0.389. The highest BCUT2D eigenvalue weighted by atomic mass is 16.2. The van der Waals surface area contributed by atoms with Gasteiger partial charge in [0, 0.05) is 5.69 Å². The molecule has 1 N–H and O–H groups in total. The quantitative estimate of drug-likeness (QED) is 0.687. The third-order valence-electron chi connectivity index (χ3n) is 4.65. The second-order valence-corrected chi connectivity index (χ2v) is 6.23. The number of anilines is 1. The Morgan fingerprint density at radius 2 is 1.61 bits per heavy atom. The van der Waals surface area contributed by atoms with Crippen molar-refractivity contribution in [2.45, 2.75) is 26.7 Å². The van der Waals surface area contributed by atoms with Gasteiger partial charge in [-0.15, -0.1) is 0 Å². The van der Waals surface area contributed by atoms with Gasteiger partial charge in [0.15, 0.2) is 0 Å². The summed E-state index contributed by atoms with van der Waals surface area (Å²) in [7, 11) is 0. The lowest BCUT2D eigenvalue weighted by Crippen LogP contribution is -2.38. The summed E-state index contributed by atoms with van der Waals surface area (Å²) in [6.07, 6.45) is 5.05. The van der Waals surface area contributed by atoms with Crippen LogP contribution in [0.15, 0.2) is 30.4 Å². The molecule has 23 heavy (non-hydrogen) atoms. The van der Waals surface area contributed by atoms with Crippen molar-refractivity contribution in [3.8, 4) is 0 Å². The topological polar surface area (TPSA) is 66.5 Å². The smallest absolute Gasteiger partial charge is 0.244 e. The van der Waals surface area contributed by atoms with E-state index in [1.165, 1.54) is 0 Å². The number of amides is 3. The monoisotopic (exact) mass is 312 g/mol. The molecule has 0 radical (unpaired) electrons. The minimum atomic E-state index is -0.337. The third-order valence-corrected chi connectivity index (χ3v) is 4.65. The van der Waals surface area contributed by atoms with Gasteiger partial charge in [-0.2, -0.15) is 0 Å². The first-order valence-electron chi connectivity index (χ1n) is 7.85. The Bertz CT molecular complexity index is 662. The van der Waals surface area contributed by atoms with Gasteiger partial charge in [-0.05, 0) is 37.8 Å². The molecule has 2 aliphatic rings. The highest BCUT2D eigenvalue weighted by Crippen LogP contribution is 2.34. The average molecular weight is 312 g/mol. The van der Waals surface area contributed by atoms with E-state index in [1.54, 1.807) is 0 Å². The maximum Gasteiger partial charge on any atom is 0.244 e. The summed E-state index contributed by atoms with van der Waals surface area (Å²) >= 11 is 0. The molecule has 0 bridgehead atoms. The Hall–Kier alpha value is -2.43. The van der Waals surface area contributed by atoms with Gasteiger partial charge in [-0.1, -0.05) is 30.4 Å². The van der Waals surface area contributed by atoms with Crippen LogP contribution in [-0.4, -0.2) is 29.2 Å². The molecular formula is C18H20N2O3. The maximum atomic E-state index is 12.4. The molecule has 1 aliphatic carbocycles. The number of nitrogens with one attached hydrogen (secondary N) is 1. The van der Waals surface area contributed by atoms with Crippen LogP contribution in [0.2, 0.25) is 0 Å². The van der Waals surface area contributed by atoms with Gasteiger partial charge in [-0.3, -0.25) is 19.3 Å². The van der Waals surface area contributed by atoms with Gasteiger partial charge in [0.05, 0.1) is 11.8 Å². The van der Waals surface area contributed by atoms with Crippen LogP contribution in [0.3, 0.4) is 0 Å². The Morgan fingerprint density at radius 3 is 2.13 bits per heavy atom. The number of rotatable bonds is 3. The zero-order valence-corrected chi connectivity index (χ0v) is 13.3. The number of carbonyl (C=O) groups is 3. The second-order valence-electron chi connectivity index (χ2n) is 6.23. The minimum absolute atomic E-state index is 0.210. The molecule has 0 aromatic heterocycles. The molecule has 0 unspecified atom stereocenters. The number of nitrogens with zero attached hydrogens (tertiary/aromatic N) is 1. The maximum absolute atomic E-state index is 12.4. The van der Waals surface area contributed by atoms with Crippen molar-refractivity contribution in [3.05, 3.63) is 41.5 Å². The predicted octanol–water partition coefficient (Wildman–Crippen LogP) is 2.19. The number of benzene rings is 1. The largest absolute Gasteiger partial charge is 0.324 e. The fourth-order valence-electron chi connectivity index (χ4n) is 3.36. The lowest BCUT2D eigenvalue weighted by molar-refractivity contribution is -0.142. The van der Waals surface area contributed by atoms with E-state index in [9.17, 15) is 14.4 Å². The summed E-state index contributed by atoms with van der Waals surface area (Å²) in [6, 6.07) is 5.75.